The zero-order valence-corrected chi connectivity index (χ0v) is 22.3. The summed E-state index contributed by atoms with van der Waals surface area (Å²) in [6.07, 6.45) is -4.98. The maximum atomic E-state index is 14.8. The third-order valence-corrected chi connectivity index (χ3v) is 6.70. The Morgan fingerprint density at radius 2 is 1.86 bits per heavy atom. The molecule has 0 amide bonds. The van der Waals surface area contributed by atoms with Crippen LogP contribution >= 0.6 is 0 Å². The molecule has 2 aromatic carbocycles. The molecule has 0 bridgehead atoms. The lowest BCUT2D eigenvalue weighted by atomic mass is 10.1. The molecule has 0 fully saturated rings. The van der Waals surface area contributed by atoms with E-state index in [2.05, 4.69) is 15.2 Å². The predicted molar refractivity (Wildman–Crippen MR) is 146 cm³/mol. The maximum Gasteiger partial charge on any atom is 0.416 e. The van der Waals surface area contributed by atoms with Crippen molar-refractivity contribution in [3.05, 3.63) is 102 Å². The van der Waals surface area contributed by atoms with Gasteiger partial charge in [-0.25, -0.2) is 18.7 Å². The topological polar surface area (TPSA) is 164 Å². The molecule has 1 aliphatic heterocycles. The normalized spacial score (nSPS) is 13.0. The van der Waals surface area contributed by atoms with Gasteiger partial charge in [0, 0.05) is 30.8 Å². The minimum Gasteiger partial charge on any atom is -0.480 e. The van der Waals surface area contributed by atoms with Crippen LogP contribution in [0.2, 0.25) is 0 Å². The number of aliphatic imine (C=N–C) groups is 1. The number of likely N-dealkylation sites (N-methyl/N-ethyl adjacent to an activating group) is 1. The van der Waals surface area contributed by atoms with Crippen LogP contribution in [-0.2, 0) is 12.7 Å². The SMILES string of the molecule is COc1ccc(-n2c(=O)c(C3=Nc4ccc([N+](=O)[O-])cc4N(C)C3)c(N)n(Cc3c(F)cccc3C(F)(F)F)c2=O)nn1. The van der Waals surface area contributed by atoms with E-state index in [4.69, 9.17) is 10.5 Å². The molecule has 0 radical (unpaired) electrons. The van der Waals surface area contributed by atoms with E-state index in [0.717, 1.165) is 12.1 Å². The Morgan fingerprint density at radius 1 is 1.12 bits per heavy atom. The fraction of sp³-hybridized carbons (Fsp3) is 0.192. The number of halogens is 4. The zero-order valence-electron chi connectivity index (χ0n) is 22.3. The molecule has 0 unspecified atom stereocenters. The molecule has 2 N–H and O–H groups in total. The summed E-state index contributed by atoms with van der Waals surface area (Å²) < 4.78 is 62.4. The van der Waals surface area contributed by atoms with E-state index in [-0.39, 0.29) is 40.9 Å². The molecule has 5 rings (SSSR count). The maximum absolute atomic E-state index is 14.8. The Hall–Kier alpha value is -5.61. The molecular formula is C26H20F4N8O5. The first-order valence-electron chi connectivity index (χ1n) is 12.3. The van der Waals surface area contributed by atoms with Gasteiger partial charge < -0.3 is 15.4 Å². The lowest BCUT2D eigenvalue weighted by Crippen LogP contribution is -2.45. The Kier molecular flexibility index (Phi) is 7.16. The zero-order chi connectivity index (χ0) is 31.2. The number of rotatable bonds is 6. The Labute approximate surface area is 238 Å². The minimum atomic E-state index is -4.98. The number of fused-ring (bicyclic) bond motifs is 1. The first-order chi connectivity index (χ1) is 20.3. The van der Waals surface area contributed by atoms with Gasteiger partial charge in [0.25, 0.3) is 11.2 Å². The number of anilines is 2. The molecule has 0 atom stereocenters. The fourth-order valence-corrected chi connectivity index (χ4v) is 4.63. The highest BCUT2D eigenvalue weighted by molar-refractivity contribution is 6.10. The van der Waals surface area contributed by atoms with Gasteiger partial charge in [-0.05, 0) is 24.3 Å². The Morgan fingerprint density at radius 3 is 2.49 bits per heavy atom. The van der Waals surface area contributed by atoms with Crippen molar-refractivity contribution in [2.45, 2.75) is 12.7 Å². The summed E-state index contributed by atoms with van der Waals surface area (Å²) in [7, 11) is 2.87. The van der Waals surface area contributed by atoms with Crippen molar-refractivity contribution < 1.29 is 27.2 Å². The molecule has 13 nitrogen and oxygen atoms in total. The van der Waals surface area contributed by atoms with Gasteiger partial charge in [-0.15, -0.1) is 10.2 Å². The number of hydrogen-bond acceptors (Lipinski definition) is 10. The summed E-state index contributed by atoms with van der Waals surface area (Å²) in [6, 6.07) is 8.66. The second-order valence-corrected chi connectivity index (χ2v) is 9.31. The summed E-state index contributed by atoms with van der Waals surface area (Å²) >= 11 is 0. The lowest BCUT2D eigenvalue weighted by molar-refractivity contribution is -0.384. The number of nitro benzene ring substituents is 1. The number of nitro groups is 1. The smallest absolute Gasteiger partial charge is 0.416 e. The molecule has 222 valence electrons. The Balaban J connectivity index is 1.79. The number of nitrogen functional groups attached to an aromatic ring is 1. The quantitative estimate of drug-likeness (QED) is 0.199. The minimum absolute atomic E-state index is 0.0140. The molecular weight excluding hydrogens is 580 g/mol. The molecule has 43 heavy (non-hydrogen) atoms. The van der Waals surface area contributed by atoms with Crippen LogP contribution in [0.1, 0.15) is 16.7 Å². The fourth-order valence-electron chi connectivity index (χ4n) is 4.63. The van der Waals surface area contributed by atoms with Crippen LogP contribution in [0.5, 0.6) is 5.88 Å². The standard InChI is InChI=1S/C26H20F4N8O5/c1-35-12-18(32-17-7-6-13(38(41)42)10-19(17)35)22-23(31)36(11-14-15(26(28,29)30)4-3-5-16(14)27)25(40)37(24(22)39)20-8-9-21(43-2)34-33-20/h3-10H,11-12,31H2,1-2H3. The van der Waals surface area contributed by atoms with E-state index in [0.29, 0.717) is 20.9 Å². The summed E-state index contributed by atoms with van der Waals surface area (Å²) in [5.74, 6) is -2.12. The highest BCUT2D eigenvalue weighted by Gasteiger charge is 2.35. The second kappa shape index (κ2) is 10.7. The van der Waals surface area contributed by atoms with Crippen molar-refractivity contribution >= 4 is 28.6 Å². The molecule has 17 heteroatoms. The number of non-ortho nitro benzene ring substituents is 1. The van der Waals surface area contributed by atoms with Crippen molar-refractivity contribution in [1.82, 2.24) is 19.3 Å². The van der Waals surface area contributed by atoms with Crippen LogP contribution in [0, 0.1) is 15.9 Å². The van der Waals surface area contributed by atoms with Crippen molar-refractivity contribution in [1.29, 1.82) is 0 Å². The van der Waals surface area contributed by atoms with Gasteiger partial charge in [0.1, 0.15) is 17.2 Å². The van der Waals surface area contributed by atoms with Crippen molar-refractivity contribution in [3.8, 4) is 11.7 Å². The van der Waals surface area contributed by atoms with E-state index in [1.54, 1.807) is 7.05 Å². The molecule has 2 aromatic heterocycles. The van der Waals surface area contributed by atoms with Crippen LogP contribution in [0.15, 0.2) is 63.1 Å². The number of benzene rings is 2. The van der Waals surface area contributed by atoms with E-state index in [9.17, 15) is 37.3 Å². The van der Waals surface area contributed by atoms with Crippen LogP contribution < -0.4 is 26.6 Å². The number of aromatic nitrogens is 4. The first kappa shape index (κ1) is 28.9. The first-order valence-corrected chi connectivity index (χ1v) is 12.3. The molecule has 4 aromatic rings. The van der Waals surface area contributed by atoms with E-state index >= 15 is 0 Å². The van der Waals surface area contributed by atoms with Crippen molar-refractivity contribution in [2.24, 2.45) is 4.99 Å². The number of nitrogens with two attached hydrogens (primary N) is 1. The van der Waals surface area contributed by atoms with E-state index in [1.165, 1.54) is 42.3 Å². The monoisotopic (exact) mass is 600 g/mol. The molecule has 1 aliphatic rings. The Bertz CT molecular complexity index is 1920. The molecule has 3 heterocycles. The second-order valence-electron chi connectivity index (χ2n) is 9.31. The summed E-state index contributed by atoms with van der Waals surface area (Å²) in [5.41, 5.74) is 1.80. The van der Waals surface area contributed by atoms with Crippen LogP contribution in [0.25, 0.3) is 5.82 Å². The van der Waals surface area contributed by atoms with E-state index in [1.807, 2.05) is 0 Å². The average molecular weight is 600 g/mol. The molecule has 0 spiro atoms. The van der Waals surface area contributed by atoms with Gasteiger partial charge in [-0.3, -0.25) is 19.5 Å². The van der Waals surface area contributed by atoms with Crippen molar-refractivity contribution in [3.63, 3.8) is 0 Å². The van der Waals surface area contributed by atoms with Gasteiger partial charge in [-0.2, -0.15) is 13.2 Å². The third kappa shape index (κ3) is 5.15. The van der Waals surface area contributed by atoms with Gasteiger partial charge in [-0.1, -0.05) is 6.07 Å². The summed E-state index contributed by atoms with van der Waals surface area (Å²) in [5, 5.41) is 18.8. The predicted octanol–water partition coefficient (Wildman–Crippen LogP) is 3.07. The van der Waals surface area contributed by atoms with Gasteiger partial charge in [0.15, 0.2) is 5.82 Å². The van der Waals surface area contributed by atoms with Gasteiger partial charge >= 0.3 is 11.9 Å². The summed E-state index contributed by atoms with van der Waals surface area (Å²) in [4.78, 5) is 44.2. The third-order valence-electron chi connectivity index (χ3n) is 6.70. The highest BCUT2D eigenvalue weighted by Crippen LogP contribution is 2.36. The largest absolute Gasteiger partial charge is 0.480 e. The molecule has 0 aliphatic carbocycles. The number of ether oxygens (including phenoxy) is 1. The number of nitrogens with zero attached hydrogens (tertiary/aromatic N) is 7. The van der Waals surface area contributed by atoms with Crippen molar-refractivity contribution in [2.75, 3.05) is 31.3 Å². The van der Waals surface area contributed by atoms with Crippen LogP contribution in [0.4, 0.5) is 40.4 Å². The summed E-state index contributed by atoms with van der Waals surface area (Å²) in [6.45, 7) is -1.15. The lowest BCUT2D eigenvalue weighted by Gasteiger charge is -2.27. The molecule has 0 saturated carbocycles. The highest BCUT2D eigenvalue weighted by atomic mass is 19.4. The van der Waals surface area contributed by atoms with Gasteiger partial charge in [0.2, 0.25) is 5.88 Å². The van der Waals surface area contributed by atoms with E-state index < -0.39 is 51.7 Å². The number of methoxy groups -OCH3 is 1. The van der Waals surface area contributed by atoms with Crippen LogP contribution in [0.3, 0.4) is 0 Å². The van der Waals surface area contributed by atoms with Crippen LogP contribution in [-0.4, -0.2) is 50.7 Å². The molecule has 0 saturated heterocycles. The number of alkyl halides is 3. The average Bonchev–Trinajstić information content (AvgIpc) is 2.95. The number of hydrogen-bond donors (Lipinski definition) is 1. The van der Waals surface area contributed by atoms with Gasteiger partial charge in [0.05, 0.1) is 47.8 Å².